The maximum atomic E-state index is 13.6. The number of nitrogens with one attached hydrogen (secondary N) is 1. The summed E-state index contributed by atoms with van der Waals surface area (Å²) in [6, 6.07) is 8.10. The van der Waals surface area contributed by atoms with E-state index in [1.165, 1.54) is 30.3 Å². The third-order valence-corrected chi connectivity index (χ3v) is 6.67. The lowest BCUT2D eigenvalue weighted by molar-refractivity contribution is -0.138. The first-order valence-corrected chi connectivity index (χ1v) is 15.5. The second kappa shape index (κ2) is 24.5. The molecule has 0 spiro atoms. The summed E-state index contributed by atoms with van der Waals surface area (Å²) in [6.45, 7) is 14.2. The molecule has 0 fully saturated rings. The number of hydrogen-bond donors (Lipinski definition) is 1. The molecule has 0 saturated heterocycles. The molecule has 2 unspecified atom stereocenters. The average molecular weight is 672 g/mol. The van der Waals surface area contributed by atoms with Gasteiger partial charge in [0.1, 0.15) is 0 Å². The van der Waals surface area contributed by atoms with Crippen molar-refractivity contribution < 1.29 is 26.3 Å². The van der Waals surface area contributed by atoms with Crippen LogP contribution in [0, 0.1) is 6.92 Å². The van der Waals surface area contributed by atoms with E-state index in [1.54, 1.807) is 37.7 Å². The van der Waals surface area contributed by atoms with Gasteiger partial charge in [0, 0.05) is 57.2 Å². The molecule has 47 heavy (non-hydrogen) atoms. The molecule has 264 valence electrons. The first-order valence-electron chi connectivity index (χ1n) is 15.5. The fourth-order valence-electron chi connectivity index (χ4n) is 4.40. The van der Waals surface area contributed by atoms with E-state index in [1.807, 2.05) is 61.8 Å². The Morgan fingerprint density at radius 3 is 2.26 bits per heavy atom. The smallest absolute Gasteiger partial charge is 0.367 e. The molecule has 1 N–H and O–H groups in total. The van der Waals surface area contributed by atoms with E-state index in [9.17, 15) is 26.3 Å². The van der Waals surface area contributed by atoms with Crippen LogP contribution in [-0.2, 0) is 12.7 Å². The molecule has 0 bridgehead atoms. The predicted molar refractivity (Wildman–Crippen MR) is 180 cm³/mol. The fourth-order valence-corrected chi connectivity index (χ4v) is 4.40. The highest BCUT2D eigenvalue weighted by atomic mass is 19.4. The van der Waals surface area contributed by atoms with Gasteiger partial charge in [0.25, 0.3) is 0 Å². The summed E-state index contributed by atoms with van der Waals surface area (Å²) in [4.78, 5) is 7.97. The van der Waals surface area contributed by atoms with E-state index in [2.05, 4.69) is 27.3 Å². The van der Waals surface area contributed by atoms with Crippen molar-refractivity contribution in [2.45, 2.75) is 85.4 Å². The lowest BCUT2D eigenvalue weighted by atomic mass is 10.1. The Morgan fingerprint density at radius 2 is 1.74 bits per heavy atom. The van der Waals surface area contributed by atoms with Gasteiger partial charge in [-0.3, -0.25) is 14.3 Å². The number of alkyl halides is 6. The second-order valence-corrected chi connectivity index (χ2v) is 10.1. The van der Waals surface area contributed by atoms with Crippen LogP contribution in [0.2, 0.25) is 0 Å². The highest BCUT2D eigenvalue weighted by molar-refractivity contribution is 5.52. The summed E-state index contributed by atoms with van der Waals surface area (Å²) < 4.78 is 75.4. The number of pyridine rings is 1. The van der Waals surface area contributed by atoms with Gasteiger partial charge in [-0.05, 0) is 69.0 Å². The van der Waals surface area contributed by atoms with Crippen molar-refractivity contribution in [3.05, 3.63) is 96.4 Å². The van der Waals surface area contributed by atoms with E-state index < -0.39 is 24.5 Å². The molecule has 0 saturated carbocycles. The minimum atomic E-state index is -4.44. The van der Waals surface area contributed by atoms with Crippen LogP contribution in [0.5, 0.6) is 0 Å². The lowest BCUT2D eigenvalue weighted by Crippen LogP contribution is -2.49. The van der Waals surface area contributed by atoms with Gasteiger partial charge in [-0.1, -0.05) is 62.1 Å². The Labute approximate surface area is 276 Å². The number of halogens is 6. The highest BCUT2D eigenvalue weighted by Gasteiger charge is 2.33. The fraction of sp³-hybridized carbons (Fsp3) is 0.500. The van der Waals surface area contributed by atoms with E-state index in [4.69, 9.17) is 0 Å². The van der Waals surface area contributed by atoms with Crippen molar-refractivity contribution in [1.29, 1.82) is 0 Å². The summed E-state index contributed by atoms with van der Waals surface area (Å²) in [6.07, 6.45) is 5.82. The van der Waals surface area contributed by atoms with Crippen LogP contribution in [0.4, 0.5) is 32.0 Å². The largest absolute Gasteiger partial charge is 0.416 e. The number of nitrogens with zero attached hydrogens (tertiary/aromatic N) is 6. The summed E-state index contributed by atoms with van der Waals surface area (Å²) >= 11 is 0. The molecule has 13 heteroatoms. The number of aryl methyl sites for hydroxylation is 1. The minimum Gasteiger partial charge on any atom is -0.367 e. The van der Waals surface area contributed by atoms with Gasteiger partial charge in [0.15, 0.2) is 6.29 Å². The Bertz CT molecular complexity index is 1190. The molecule has 1 aliphatic heterocycles. The highest BCUT2D eigenvalue weighted by Crippen LogP contribution is 2.35. The zero-order valence-electron chi connectivity index (χ0n) is 28.6. The first kappa shape index (κ1) is 43.3. The molecule has 0 amide bonds. The molecule has 2 atom stereocenters. The van der Waals surface area contributed by atoms with Gasteiger partial charge >= 0.3 is 6.18 Å². The zero-order chi connectivity index (χ0) is 35.8. The van der Waals surface area contributed by atoms with Crippen molar-refractivity contribution in [2.24, 2.45) is 10.3 Å². The van der Waals surface area contributed by atoms with Crippen molar-refractivity contribution >= 4 is 5.69 Å². The number of hydrazine groups is 1. The number of hydrogen-bond acceptors (Lipinski definition) is 7. The lowest BCUT2D eigenvalue weighted by Gasteiger charge is -2.32. The summed E-state index contributed by atoms with van der Waals surface area (Å²) in [5.41, 5.74) is 4.05. The maximum absolute atomic E-state index is 13.6. The molecular formula is C34H51F6N7. The van der Waals surface area contributed by atoms with E-state index in [-0.39, 0.29) is 18.0 Å². The van der Waals surface area contributed by atoms with Crippen molar-refractivity contribution in [2.75, 3.05) is 32.2 Å². The van der Waals surface area contributed by atoms with Crippen molar-refractivity contribution in [1.82, 2.24) is 20.4 Å². The number of rotatable bonds is 14. The van der Waals surface area contributed by atoms with Gasteiger partial charge in [-0.25, -0.2) is 13.9 Å². The quantitative estimate of drug-likeness (QED) is 0.123. The maximum Gasteiger partial charge on any atom is 0.416 e. The van der Waals surface area contributed by atoms with Gasteiger partial charge in [0.2, 0.25) is 6.43 Å². The minimum absolute atomic E-state index is 0.0133. The molecular weight excluding hydrogens is 620 g/mol. The molecule has 0 aliphatic carbocycles. The Kier molecular flexibility index (Phi) is 22.5. The summed E-state index contributed by atoms with van der Waals surface area (Å²) in [5.74, 6) is 0. The Morgan fingerprint density at radius 1 is 1.09 bits per heavy atom. The van der Waals surface area contributed by atoms with Crippen LogP contribution < -0.4 is 10.3 Å². The zero-order valence-corrected chi connectivity index (χ0v) is 28.6. The first-order chi connectivity index (χ1) is 22.5. The molecule has 3 rings (SSSR count). The monoisotopic (exact) mass is 671 g/mol. The van der Waals surface area contributed by atoms with Crippen molar-refractivity contribution in [3.63, 3.8) is 0 Å². The van der Waals surface area contributed by atoms with Crippen LogP contribution in [-0.4, -0.2) is 61.1 Å². The average Bonchev–Trinajstić information content (AvgIpc) is 3.48. The van der Waals surface area contributed by atoms with Crippen LogP contribution in [0.3, 0.4) is 0 Å². The molecule has 1 aromatic heterocycles. The molecule has 1 aromatic carbocycles. The van der Waals surface area contributed by atoms with E-state index in [0.29, 0.717) is 45.3 Å². The van der Waals surface area contributed by atoms with Gasteiger partial charge < -0.3 is 4.90 Å². The third kappa shape index (κ3) is 17.1. The van der Waals surface area contributed by atoms with Crippen LogP contribution in [0.1, 0.15) is 63.6 Å². The molecule has 0 radical (unpaired) electrons. The normalized spacial score (nSPS) is 14.8. The van der Waals surface area contributed by atoms with E-state index >= 15 is 0 Å². The second-order valence-electron chi connectivity index (χ2n) is 10.1. The Balaban J connectivity index is 0.00000211. The topological polar surface area (TPSA) is 59.4 Å². The molecule has 1 aliphatic rings. The number of benzene rings is 1. The van der Waals surface area contributed by atoms with Gasteiger partial charge in [-0.2, -0.15) is 18.6 Å². The van der Waals surface area contributed by atoms with E-state index in [0.717, 1.165) is 5.56 Å². The summed E-state index contributed by atoms with van der Waals surface area (Å²) in [7, 11) is 2.22. The Hall–Kier alpha value is -3.71. The van der Waals surface area contributed by atoms with Gasteiger partial charge in [0.05, 0.1) is 12.7 Å². The van der Waals surface area contributed by atoms with Gasteiger partial charge in [-0.15, -0.1) is 5.11 Å². The molecule has 7 nitrogen and oxygen atoms in total. The summed E-state index contributed by atoms with van der Waals surface area (Å²) in [5, 5.41) is 9.65. The number of allylic oxidation sites excluding steroid dienone is 4. The standard InChI is InChI=1S/C26H34F5N7.C5H8.C2H6.CH3F/c1-19-9-10-22(17-23(19)26(29,30)31)37(18-21-11-13-32-14-12-21)15-6-7-20(2)38(16-5-4-8-24(27)28)25-33-35-36(3)34-25;1-3-5-4-2;2*1-2/h4-5,9-14,17,20,24-25,34H,6-8,15-16,18H2,1-3H3;3-5H,1H2,2H3;1-2H3;1H3/b5-4+;5-4-;;. The van der Waals surface area contributed by atoms with Crippen LogP contribution in [0.15, 0.2) is 90.0 Å². The van der Waals surface area contributed by atoms with Crippen molar-refractivity contribution in [3.8, 4) is 0 Å². The SMILES string of the molecule is C=C/C=C\C.CC.CF.Cc1ccc(N(CCCC(C)N(C/C=C/CC(F)F)C2N=NN(C)N2)Cc2ccncc2)cc1C(F)(F)F. The molecule has 2 heterocycles. The molecule has 2 aromatic rings. The predicted octanol–water partition coefficient (Wildman–Crippen LogP) is 9.56. The number of anilines is 1. The van der Waals surface area contributed by atoms with Crippen LogP contribution >= 0.6 is 0 Å². The number of aromatic nitrogens is 1. The third-order valence-electron chi connectivity index (χ3n) is 6.67. The van der Waals surface area contributed by atoms with Crippen LogP contribution in [0.25, 0.3) is 0 Å².